The van der Waals surface area contributed by atoms with Crippen LogP contribution in [0.5, 0.6) is 0 Å². The Labute approximate surface area is 150 Å². The predicted molar refractivity (Wildman–Crippen MR) is 104 cm³/mol. The summed E-state index contributed by atoms with van der Waals surface area (Å²) in [4.78, 5) is 15.9. The molecule has 0 saturated carbocycles. The lowest BCUT2D eigenvalue weighted by atomic mass is 10.1. The van der Waals surface area contributed by atoms with Gasteiger partial charge in [-0.2, -0.15) is 0 Å². The monoisotopic (exact) mass is 335 g/mol. The van der Waals surface area contributed by atoms with Gasteiger partial charge < -0.3 is 4.74 Å². The smallest absolute Gasteiger partial charge is 0.155 e. The minimum atomic E-state index is 0.179. The SMILES string of the molecule is COCCCCCC(=O)/C=C/c1ccc(/C=C/c2cccnc2)cc1. The van der Waals surface area contributed by atoms with Crippen LogP contribution in [0.25, 0.3) is 18.2 Å². The van der Waals surface area contributed by atoms with Crippen molar-refractivity contribution in [1.29, 1.82) is 0 Å². The van der Waals surface area contributed by atoms with Gasteiger partial charge in [-0.1, -0.05) is 55.0 Å². The van der Waals surface area contributed by atoms with E-state index in [1.165, 1.54) is 0 Å². The number of carbonyl (C=O) groups excluding carboxylic acids is 1. The molecule has 2 aromatic rings. The van der Waals surface area contributed by atoms with E-state index in [0.29, 0.717) is 6.42 Å². The molecule has 0 amide bonds. The third kappa shape index (κ3) is 7.73. The molecule has 0 atom stereocenters. The first kappa shape index (κ1) is 18.8. The molecule has 0 aliphatic carbocycles. The summed E-state index contributed by atoms with van der Waals surface area (Å²) in [6, 6.07) is 12.1. The molecule has 3 heteroatoms. The molecular weight excluding hydrogens is 310 g/mol. The largest absolute Gasteiger partial charge is 0.385 e. The first-order valence-electron chi connectivity index (χ1n) is 8.66. The topological polar surface area (TPSA) is 39.2 Å². The van der Waals surface area contributed by atoms with E-state index in [2.05, 4.69) is 11.1 Å². The van der Waals surface area contributed by atoms with Crippen molar-refractivity contribution in [2.45, 2.75) is 25.7 Å². The van der Waals surface area contributed by atoms with Crippen LogP contribution in [-0.2, 0) is 9.53 Å². The fourth-order valence-corrected chi connectivity index (χ4v) is 2.38. The first-order valence-corrected chi connectivity index (χ1v) is 8.66. The van der Waals surface area contributed by atoms with Crippen LogP contribution in [0, 0.1) is 0 Å². The first-order chi connectivity index (χ1) is 12.3. The van der Waals surface area contributed by atoms with Crippen molar-refractivity contribution >= 4 is 24.0 Å². The fraction of sp³-hybridized carbons (Fsp3) is 0.273. The van der Waals surface area contributed by atoms with Crippen molar-refractivity contribution < 1.29 is 9.53 Å². The number of pyridine rings is 1. The lowest BCUT2D eigenvalue weighted by Gasteiger charge is -1.99. The molecule has 0 aliphatic heterocycles. The van der Waals surface area contributed by atoms with Gasteiger partial charge in [-0.3, -0.25) is 9.78 Å². The molecule has 130 valence electrons. The average molecular weight is 335 g/mol. The third-order valence-corrected chi connectivity index (χ3v) is 3.82. The average Bonchev–Trinajstić information content (AvgIpc) is 2.66. The van der Waals surface area contributed by atoms with E-state index in [9.17, 15) is 4.79 Å². The molecule has 3 nitrogen and oxygen atoms in total. The standard InChI is InChI=1S/C22H25NO2/c1-25-17-4-2-3-7-22(24)15-14-20-10-8-19(9-11-20)12-13-21-6-5-16-23-18-21/h5-6,8-16,18H,2-4,7,17H2,1H3/b13-12+,15-14+. The summed E-state index contributed by atoms with van der Waals surface area (Å²) in [5, 5.41) is 0. The number of ether oxygens (including phenoxy) is 1. The van der Waals surface area contributed by atoms with Crippen LogP contribution in [0.2, 0.25) is 0 Å². The lowest BCUT2D eigenvalue weighted by Crippen LogP contribution is -1.94. The summed E-state index contributed by atoms with van der Waals surface area (Å²) in [5.41, 5.74) is 3.22. The predicted octanol–water partition coefficient (Wildman–Crippen LogP) is 5.04. The van der Waals surface area contributed by atoms with E-state index >= 15 is 0 Å². The van der Waals surface area contributed by atoms with Crippen LogP contribution >= 0.6 is 0 Å². The molecule has 0 N–H and O–H groups in total. The van der Waals surface area contributed by atoms with Crippen LogP contribution in [0.4, 0.5) is 0 Å². The van der Waals surface area contributed by atoms with Gasteiger partial charge in [-0.15, -0.1) is 0 Å². The molecule has 0 unspecified atom stereocenters. The van der Waals surface area contributed by atoms with Gasteiger partial charge in [0.05, 0.1) is 0 Å². The highest BCUT2D eigenvalue weighted by Crippen LogP contribution is 2.11. The highest BCUT2D eigenvalue weighted by Gasteiger charge is 1.97. The van der Waals surface area contributed by atoms with Gasteiger partial charge in [0.2, 0.25) is 0 Å². The quantitative estimate of drug-likeness (QED) is 0.451. The van der Waals surface area contributed by atoms with Crippen molar-refractivity contribution in [3.05, 3.63) is 71.6 Å². The molecule has 1 aromatic carbocycles. The fourth-order valence-electron chi connectivity index (χ4n) is 2.38. The number of rotatable bonds is 10. The van der Waals surface area contributed by atoms with Crippen LogP contribution < -0.4 is 0 Å². The Morgan fingerprint density at radius 1 is 0.960 bits per heavy atom. The number of aromatic nitrogens is 1. The molecule has 1 heterocycles. The molecule has 0 saturated heterocycles. The number of unbranched alkanes of at least 4 members (excludes halogenated alkanes) is 2. The van der Waals surface area contributed by atoms with Crippen molar-refractivity contribution in [2.24, 2.45) is 0 Å². The summed E-state index contributed by atoms with van der Waals surface area (Å²) >= 11 is 0. The van der Waals surface area contributed by atoms with Gasteiger partial charge in [0, 0.05) is 32.5 Å². The number of benzene rings is 1. The number of nitrogens with zero attached hydrogens (tertiary/aromatic N) is 1. The number of allylic oxidation sites excluding steroid dienone is 1. The number of methoxy groups -OCH3 is 1. The van der Waals surface area contributed by atoms with Crippen LogP contribution in [0.15, 0.2) is 54.9 Å². The van der Waals surface area contributed by atoms with Crippen molar-refractivity contribution in [3.8, 4) is 0 Å². The zero-order valence-electron chi connectivity index (χ0n) is 14.7. The van der Waals surface area contributed by atoms with Crippen molar-refractivity contribution in [1.82, 2.24) is 4.98 Å². The summed E-state index contributed by atoms with van der Waals surface area (Å²) < 4.78 is 5.00. The van der Waals surface area contributed by atoms with Gasteiger partial charge in [-0.05, 0) is 41.7 Å². The van der Waals surface area contributed by atoms with Gasteiger partial charge in [-0.25, -0.2) is 0 Å². The molecule has 0 bridgehead atoms. The number of carbonyl (C=O) groups is 1. The number of hydrogen-bond donors (Lipinski definition) is 0. The Kier molecular flexibility index (Phi) is 8.36. The molecule has 1 aromatic heterocycles. The minimum absolute atomic E-state index is 0.179. The molecule has 25 heavy (non-hydrogen) atoms. The molecule has 0 radical (unpaired) electrons. The highest BCUT2D eigenvalue weighted by molar-refractivity contribution is 5.93. The Balaban J connectivity index is 1.79. The zero-order valence-corrected chi connectivity index (χ0v) is 14.7. The Bertz CT molecular complexity index is 688. The van der Waals surface area contributed by atoms with Crippen molar-refractivity contribution in [2.75, 3.05) is 13.7 Å². The molecule has 0 spiro atoms. The van der Waals surface area contributed by atoms with E-state index in [0.717, 1.165) is 42.6 Å². The van der Waals surface area contributed by atoms with Crippen LogP contribution in [-0.4, -0.2) is 24.5 Å². The number of hydrogen-bond acceptors (Lipinski definition) is 3. The van der Waals surface area contributed by atoms with E-state index in [4.69, 9.17) is 4.74 Å². The van der Waals surface area contributed by atoms with Crippen LogP contribution in [0.1, 0.15) is 42.4 Å². The second-order valence-electron chi connectivity index (χ2n) is 5.89. The molecule has 0 aliphatic rings. The summed E-state index contributed by atoms with van der Waals surface area (Å²) in [5.74, 6) is 0.179. The van der Waals surface area contributed by atoms with Crippen LogP contribution in [0.3, 0.4) is 0 Å². The van der Waals surface area contributed by atoms with Gasteiger partial charge >= 0.3 is 0 Å². The third-order valence-electron chi connectivity index (χ3n) is 3.82. The van der Waals surface area contributed by atoms with E-state index < -0.39 is 0 Å². The normalized spacial score (nSPS) is 11.4. The Hall–Kier alpha value is -2.52. The van der Waals surface area contributed by atoms with Gasteiger partial charge in [0.1, 0.15) is 0 Å². The maximum atomic E-state index is 11.8. The second-order valence-corrected chi connectivity index (χ2v) is 5.89. The zero-order chi connectivity index (χ0) is 17.7. The van der Waals surface area contributed by atoms with Gasteiger partial charge in [0.15, 0.2) is 5.78 Å². The molecule has 2 rings (SSSR count). The Morgan fingerprint density at radius 2 is 1.68 bits per heavy atom. The van der Waals surface area contributed by atoms with Crippen molar-refractivity contribution in [3.63, 3.8) is 0 Å². The second kappa shape index (κ2) is 11.1. The van der Waals surface area contributed by atoms with Gasteiger partial charge in [0.25, 0.3) is 0 Å². The summed E-state index contributed by atoms with van der Waals surface area (Å²) in [7, 11) is 1.70. The van der Waals surface area contributed by atoms with E-state index in [1.807, 2.05) is 54.7 Å². The highest BCUT2D eigenvalue weighted by atomic mass is 16.5. The maximum Gasteiger partial charge on any atom is 0.155 e. The molecular formula is C22H25NO2. The van der Waals surface area contributed by atoms with E-state index in [1.54, 1.807) is 19.4 Å². The maximum absolute atomic E-state index is 11.8. The molecule has 0 fully saturated rings. The van der Waals surface area contributed by atoms with E-state index in [-0.39, 0.29) is 5.78 Å². The number of ketones is 1. The summed E-state index contributed by atoms with van der Waals surface area (Å²) in [6.07, 6.45) is 14.8. The Morgan fingerprint density at radius 3 is 2.36 bits per heavy atom. The summed E-state index contributed by atoms with van der Waals surface area (Å²) in [6.45, 7) is 0.769. The lowest BCUT2D eigenvalue weighted by molar-refractivity contribution is -0.114. The minimum Gasteiger partial charge on any atom is -0.385 e.